The Morgan fingerprint density at radius 1 is 0.950 bits per heavy atom. The highest BCUT2D eigenvalue weighted by Crippen LogP contribution is 2.30. The summed E-state index contributed by atoms with van der Waals surface area (Å²) in [6, 6.07) is 10.00. The van der Waals surface area contributed by atoms with E-state index in [1.165, 1.54) is 6.07 Å². The SMILES string of the molecule is CCNC(c1ccc(F)c(Cl)c1)c1ccc(Cl)c(Cl)c1. The van der Waals surface area contributed by atoms with Gasteiger partial charge in [-0.05, 0) is 41.9 Å². The molecule has 0 spiro atoms. The minimum Gasteiger partial charge on any atom is -0.307 e. The fourth-order valence-corrected chi connectivity index (χ4v) is 2.51. The van der Waals surface area contributed by atoms with Gasteiger partial charge in [0, 0.05) is 0 Å². The first-order valence-electron chi connectivity index (χ1n) is 6.16. The third-order valence-electron chi connectivity index (χ3n) is 2.96. The molecule has 2 rings (SSSR count). The van der Waals surface area contributed by atoms with Gasteiger partial charge in [0.1, 0.15) is 5.82 Å². The van der Waals surface area contributed by atoms with Crippen molar-refractivity contribution >= 4 is 34.8 Å². The third kappa shape index (κ3) is 3.44. The molecule has 0 saturated heterocycles. The van der Waals surface area contributed by atoms with Gasteiger partial charge in [-0.25, -0.2) is 4.39 Å². The quantitative estimate of drug-likeness (QED) is 0.781. The number of benzene rings is 2. The summed E-state index contributed by atoms with van der Waals surface area (Å²) in [5, 5.41) is 4.42. The van der Waals surface area contributed by atoms with Crippen molar-refractivity contribution in [1.82, 2.24) is 5.32 Å². The van der Waals surface area contributed by atoms with Crippen molar-refractivity contribution in [2.24, 2.45) is 0 Å². The zero-order chi connectivity index (χ0) is 14.7. The van der Waals surface area contributed by atoms with Crippen LogP contribution in [0, 0.1) is 5.82 Å². The molecular formula is C15H13Cl3FN. The average Bonchev–Trinajstić information content (AvgIpc) is 2.43. The molecule has 2 aromatic carbocycles. The standard InChI is InChI=1S/C15H13Cl3FN/c1-2-20-15(9-3-5-11(16)12(17)7-9)10-4-6-14(19)13(18)8-10/h3-8,15,20H,2H2,1H3. The minimum absolute atomic E-state index is 0.102. The normalized spacial score (nSPS) is 12.4. The summed E-state index contributed by atoms with van der Waals surface area (Å²) in [4.78, 5) is 0. The number of halogens is 4. The zero-order valence-electron chi connectivity index (χ0n) is 10.8. The number of nitrogens with one attached hydrogen (secondary N) is 1. The van der Waals surface area contributed by atoms with Gasteiger partial charge in [0.15, 0.2) is 0 Å². The smallest absolute Gasteiger partial charge is 0.141 e. The fraction of sp³-hybridized carbons (Fsp3) is 0.200. The van der Waals surface area contributed by atoms with Crippen LogP contribution >= 0.6 is 34.8 Å². The highest BCUT2D eigenvalue weighted by molar-refractivity contribution is 6.42. The fourth-order valence-electron chi connectivity index (χ4n) is 2.02. The van der Waals surface area contributed by atoms with Gasteiger partial charge in [-0.3, -0.25) is 0 Å². The van der Waals surface area contributed by atoms with Gasteiger partial charge >= 0.3 is 0 Å². The molecule has 2 aromatic rings. The van der Waals surface area contributed by atoms with Crippen molar-refractivity contribution in [2.75, 3.05) is 6.54 Å². The summed E-state index contributed by atoms with van der Waals surface area (Å²) < 4.78 is 13.3. The summed E-state index contributed by atoms with van der Waals surface area (Å²) >= 11 is 17.8. The van der Waals surface area contributed by atoms with Gasteiger partial charge in [0.05, 0.1) is 21.1 Å². The van der Waals surface area contributed by atoms with Crippen LogP contribution in [0.2, 0.25) is 15.1 Å². The van der Waals surface area contributed by atoms with Crippen molar-refractivity contribution in [3.8, 4) is 0 Å². The van der Waals surface area contributed by atoms with Gasteiger partial charge in [0.2, 0.25) is 0 Å². The molecule has 0 aliphatic carbocycles. The highest BCUT2D eigenvalue weighted by Gasteiger charge is 2.15. The Labute approximate surface area is 132 Å². The Kier molecular flexibility index (Phi) is 5.28. The molecule has 0 heterocycles. The van der Waals surface area contributed by atoms with Crippen molar-refractivity contribution in [2.45, 2.75) is 13.0 Å². The van der Waals surface area contributed by atoms with Gasteiger partial charge in [0.25, 0.3) is 0 Å². The molecule has 0 fully saturated rings. The zero-order valence-corrected chi connectivity index (χ0v) is 13.0. The van der Waals surface area contributed by atoms with E-state index >= 15 is 0 Å². The first-order valence-corrected chi connectivity index (χ1v) is 7.29. The predicted octanol–water partition coefficient (Wildman–Crippen LogP) is 5.48. The molecule has 0 aromatic heterocycles. The van der Waals surface area contributed by atoms with Gasteiger partial charge in [-0.1, -0.05) is 53.9 Å². The first kappa shape index (κ1) is 15.6. The predicted molar refractivity (Wildman–Crippen MR) is 83.4 cm³/mol. The molecule has 1 atom stereocenters. The van der Waals surface area contributed by atoms with E-state index in [4.69, 9.17) is 34.8 Å². The number of hydrogen-bond acceptors (Lipinski definition) is 1. The van der Waals surface area contributed by atoms with E-state index in [1.807, 2.05) is 13.0 Å². The van der Waals surface area contributed by atoms with Crippen LogP contribution in [-0.4, -0.2) is 6.54 Å². The maximum Gasteiger partial charge on any atom is 0.141 e. The lowest BCUT2D eigenvalue weighted by Crippen LogP contribution is -2.22. The summed E-state index contributed by atoms with van der Waals surface area (Å²) in [5.41, 5.74) is 1.82. The average molecular weight is 333 g/mol. The van der Waals surface area contributed by atoms with Crippen LogP contribution < -0.4 is 5.32 Å². The lowest BCUT2D eigenvalue weighted by molar-refractivity contribution is 0.614. The van der Waals surface area contributed by atoms with E-state index in [2.05, 4.69) is 5.32 Å². The van der Waals surface area contributed by atoms with E-state index in [0.29, 0.717) is 10.0 Å². The molecule has 1 nitrogen and oxygen atoms in total. The molecule has 20 heavy (non-hydrogen) atoms. The van der Waals surface area contributed by atoms with Crippen LogP contribution in [0.1, 0.15) is 24.1 Å². The second kappa shape index (κ2) is 6.77. The maximum atomic E-state index is 13.3. The van der Waals surface area contributed by atoms with Crippen LogP contribution in [0.15, 0.2) is 36.4 Å². The Bertz CT molecular complexity index is 565. The summed E-state index contributed by atoms with van der Waals surface area (Å²) in [6.45, 7) is 2.75. The van der Waals surface area contributed by atoms with Gasteiger partial charge < -0.3 is 5.32 Å². The maximum absolute atomic E-state index is 13.3. The molecule has 106 valence electrons. The molecule has 1 unspecified atom stereocenters. The van der Waals surface area contributed by atoms with Crippen molar-refractivity contribution in [3.05, 3.63) is 68.4 Å². The summed E-state index contributed by atoms with van der Waals surface area (Å²) in [5.74, 6) is -0.431. The van der Waals surface area contributed by atoms with Crippen LogP contribution in [-0.2, 0) is 0 Å². The lowest BCUT2D eigenvalue weighted by Gasteiger charge is -2.20. The Hall–Kier alpha value is -0.800. The Morgan fingerprint density at radius 2 is 1.55 bits per heavy atom. The molecule has 0 saturated carbocycles. The number of hydrogen-bond donors (Lipinski definition) is 1. The highest BCUT2D eigenvalue weighted by atomic mass is 35.5. The van der Waals surface area contributed by atoms with Crippen LogP contribution in [0.3, 0.4) is 0 Å². The molecular weight excluding hydrogens is 320 g/mol. The molecule has 0 aliphatic rings. The van der Waals surface area contributed by atoms with Crippen molar-refractivity contribution < 1.29 is 4.39 Å². The molecule has 0 bridgehead atoms. The minimum atomic E-state index is -0.431. The van der Waals surface area contributed by atoms with E-state index < -0.39 is 5.82 Å². The van der Waals surface area contributed by atoms with E-state index in [-0.39, 0.29) is 11.1 Å². The van der Waals surface area contributed by atoms with E-state index in [0.717, 1.165) is 17.7 Å². The van der Waals surface area contributed by atoms with E-state index in [9.17, 15) is 4.39 Å². The molecule has 0 radical (unpaired) electrons. The lowest BCUT2D eigenvalue weighted by atomic mass is 9.98. The Morgan fingerprint density at radius 3 is 2.10 bits per heavy atom. The van der Waals surface area contributed by atoms with Gasteiger partial charge in [-0.2, -0.15) is 0 Å². The largest absolute Gasteiger partial charge is 0.307 e. The van der Waals surface area contributed by atoms with E-state index in [1.54, 1.807) is 24.3 Å². The molecule has 1 N–H and O–H groups in total. The monoisotopic (exact) mass is 331 g/mol. The van der Waals surface area contributed by atoms with Crippen LogP contribution in [0.5, 0.6) is 0 Å². The molecule has 0 amide bonds. The van der Waals surface area contributed by atoms with Crippen LogP contribution in [0.4, 0.5) is 4.39 Å². The van der Waals surface area contributed by atoms with Crippen molar-refractivity contribution in [1.29, 1.82) is 0 Å². The van der Waals surface area contributed by atoms with Crippen molar-refractivity contribution in [3.63, 3.8) is 0 Å². The topological polar surface area (TPSA) is 12.0 Å². The number of rotatable bonds is 4. The second-order valence-electron chi connectivity index (χ2n) is 4.34. The first-order chi connectivity index (χ1) is 9.52. The summed E-state index contributed by atoms with van der Waals surface area (Å²) in [7, 11) is 0. The summed E-state index contributed by atoms with van der Waals surface area (Å²) in [6.07, 6.45) is 0. The Balaban J connectivity index is 2.44. The van der Waals surface area contributed by atoms with Crippen LogP contribution in [0.25, 0.3) is 0 Å². The third-order valence-corrected chi connectivity index (χ3v) is 3.99. The van der Waals surface area contributed by atoms with Gasteiger partial charge in [-0.15, -0.1) is 0 Å². The molecule has 5 heteroatoms. The second-order valence-corrected chi connectivity index (χ2v) is 5.56. The molecule has 0 aliphatic heterocycles.